The quantitative estimate of drug-likeness (QED) is 0.468. The zero-order valence-corrected chi connectivity index (χ0v) is 18.3. The van der Waals surface area contributed by atoms with Crippen molar-refractivity contribution in [3.8, 4) is 5.75 Å². The number of hydrogen-bond acceptors (Lipinski definition) is 6. The number of halogens is 1. The van der Waals surface area contributed by atoms with Gasteiger partial charge in [0.05, 0.1) is 12.0 Å². The number of carbonyl (C=O) groups is 3. The van der Waals surface area contributed by atoms with Gasteiger partial charge in [0, 0.05) is 13.1 Å². The fourth-order valence-electron chi connectivity index (χ4n) is 4.96. The molecular formula is C23H24FN5O5. The van der Waals surface area contributed by atoms with Gasteiger partial charge in [0.2, 0.25) is 17.6 Å². The number of benzene rings is 1. The fourth-order valence-corrected chi connectivity index (χ4v) is 4.96. The Balaban J connectivity index is 1.47. The van der Waals surface area contributed by atoms with Crippen molar-refractivity contribution in [2.45, 2.75) is 56.8 Å². The number of aromatic hydroxyl groups is 1. The highest BCUT2D eigenvalue weighted by Gasteiger charge is 2.47. The van der Waals surface area contributed by atoms with Crippen LogP contribution in [0.4, 0.5) is 4.39 Å². The van der Waals surface area contributed by atoms with E-state index in [4.69, 9.17) is 0 Å². The number of β-lactam (4-membered cyclic amide) rings is 1. The number of amides is 3. The van der Waals surface area contributed by atoms with E-state index >= 15 is 0 Å². The summed E-state index contributed by atoms with van der Waals surface area (Å²) in [5, 5.41) is 18.7. The maximum absolute atomic E-state index is 13.1. The van der Waals surface area contributed by atoms with Gasteiger partial charge in [-0.2, -0.15) is 0 Å². The van der Waals surface area contributed by atoms with Crippen molar-refractivity contribution in [2.75, 3.05) is 0 Å². The van der Waals surface area contributed by atoms with Crippen LogP contribution in [0.1, 0.15) is 54.0 Å². The van der Waals surface area contributed by atoms with Crippen molar-refractivity contribution >= 4 is 17.7 Å². The van der Waals surface area contributed by atoms with Crippen molar-refractivity contribution in [1.29, 1.82) is 0 Å². The lowest BCUT2D eigenvalue weighted by Gasteiger charge is -2.39. The van der Waals surface area contributed by atoms with Crippen molar-refractivity contribution in [3.63, 3.8) is 0 Å². The SMILES string of the molecule is O=C1C[C@@H](C(=O)NC23CCC(CC2)Cn2c3nc(C(=O)NCc3ccc(F)cc3)c(O)c2=O)N1. The van der Waals surface area contributed by atoms with Crippen LogP contribution >= 0.6 is 0 Å². The first kappa shape index (κ1) is 22.1. The molecule has 2 bridgehead atoms. The van der Waals surface area contributed by atoms with Crippen molar-refractivity contribution < 1.29 is 23.9 Å². The standard InChI is InChI=1S/C23H24FN5O5/c24-14-3-1-12(2-4-14)10-25-20(33)17-18(31)21(34)29-11-13-5-7-23(8-6-13,22(29)27-17)28-19(32)15-9-16(30)26-15/h1-4,13,15,31H,5-11H2,(H,25,33)(H,26,30)(H,28,32)/t13?,15-,23?/m0/s1. The average Bonchev–Trinajstić information content (AvgIpc) is 3.04. The maximum Gasteiger partial charge on any atom is 0.296 e. The molecule has 2 fully saturated rings. The van der Waals surface area contributed by atoms with Gasteiger partial charge >= 0.3 is 0 Å². The topological polar surface area (TPSA) is 142 Å². The van der Waals surface area contributed by atoms with Crippen LogP contribution in [0.25, 0.3) is 0 Å². The number of nitrogens with zero attached hydrogens (tertiary/aromatic N) is 2. The number of fused-ring (bicyclic) bond motifs is 2. The largest absolute Gasteiger partial charge is 0.501 e. The van der Waals surface area contributed by atoms with Crippen LogP contribution in [-0.2, 0) is 28.2 Å². The van der Waals surface area contributed by atoms with E-state index in [1.165, 1.54) is 28.8 Å². The predicted molar refractivity (Wildman–Crippen MR) is 116 cm³/mol. The highest BCUT2D eigenvalue weighted by Crippen LogP contribution is 2.43. The van der Waals surface area contributed by atoms with Gasteiger partial charge < -0.3 is 21.1 Å². The van der Waals surface area contributed by atoms with E-state index in [0.717, 1.165) is 12.8 Å². The van der Waals surface area contributed by atoms with Gasteiger partial charge in [-0.15, -0.1) is 0 Å². The lowest BCUT2D eigenvalue weighted by Crippen LogP contribution is -2.61. The Labute approximate surface area is 193 Å². The first-order valence-corrected chi connectivity index (χ1v) is 11.2. The highest BCUT2D eigenvalue weighted by molar-refractivity contribution is 5.97. The van der Waals surface area contributed by atoms with Crippen LogP contribution in [0.3, 0.4) is 0 Å². The van der Waals surface area contributed by atoms with Gasteiger partial charge in [-0.05, 0) is 49.3 Å². The summed E-state index contributed by atoms with van der Waals surface area (Å²) < 4.78 is 14.5. The Hall–Kier alpha value is -3.76. The average molecular weight is 469 g/mol. The van der Waals surface area contributed by atoms with E-state index in [9.17, 15) is 28.7 Å². The third-order valence-electron chi connectivity index (χ3n) is 6.96. The Bertz CT molecular complexity index is 1230. The zero-order chi connectivity index (χ0) is 24.0. The second-order valence-electron chi connectivity index (χ2n) is 9.20. The van der Waals surface area contributed by atoms with Crippen molar-refractivity contribution in [1.82, 2.24) is 25.5 Å². The Morgan fingerprint density at radius 3 is 2.53 bits per heavy atom. The lowest BCUT2D eigenvalue weighted by atomic mass is 9.77. The van der Waals surface area contributed by atoms with E-state index in [0.29, 0.717) is 24.9 Å². The normalized spacial score (nSPS) is 24.9. The summed E-state index contributed by atoms with van der Waals surface area (Å²) in [6.45, 7) is 0.383. The second kappa shape index (κ2) is 8.23. The van der Waals surface area contributed by atoms with Gasteiger partial charge in [0.15, 0.2) is 5.69 Å². The molecule has 0 unspecified atom stereocenters. The fraction of sp³-hybridized carbons (Fsp3) is 0.435. The van der Waals surface area contributed by atoms with Crippen LogP contribution in [-0.4, -0.2) is 38.4 Å². The smallest absolute Gasteiger partial charge is 0.296 e. The zero-order valence-electron chi connectivity index (χ0n) is 18.3. The number of carbonyl (C=O) groups excluding carboxylic acids is 3. The summed E-state index contributed by atoms with van der Waals surface area (Å²) >= 11 is 0. The van der Waals surface area contributed by atoms with Crippen LogP contribution in [0.15, 0.2) is 29.1 Å². The molecule has 34 heavy (non-hydrogen) atoms. The predicted octanol–water partition coefficient (Wildman–Crippen LogP) is 0.422. The lowest BCUT2D eigenvalue weighted by molar-refractivity contribution is -0.138. The Kier molecular flexibility index (Phi) is 5.34. The molecule has 10 nitrogen and oxygen atoms in total. The molecule has 1 saturated carbocycles. The maximum atomic E-state index is 13.1. The molecule has 1 saturated heterocycles. The second-order valence-corrected chi connectivity index (χ2v) is 9.20. The minimum Gasteiger partial charge on any atom is -0.501 e. The summed E-state index contributed by atoms with van der Waals surface area (Å²) in [6, 6.07) is 4.91. The first-order chi connectivity index (χ1) is 16.3. The van der Waals surface area contributed by atoms with Gasteiger partial charge in [-0.3, -0.25) is 23.7 Å². The molecule has 178 valence electrons. The molecule has 2 aromatic rings. The van der Waals surface area contributed by atoms with Crippen LogP contribution < -0.4 is 21.5 Å². The molecule has 1 aromatic heterocycles. The molecular weight excluding hydrogens is 445 g/mol. The summed E-state index contributed by atoms with van der Waals surface area (Å²) in [7, 11) is 0. The molecule has 1 atom stereocenters. The van der Waals surface area contributed by atoms with Crippen LogP contribution in [0.5, 0.6) is 5.75 Å². The van der Waals surface area contributed by atoms with Gasteiger partial charge in [-0.25, -0.2) is 9.37 Å². The number of nitrogens with one attached hydrogen (secondary N) is 3. The minimum atomic E-state index is -0.983. The third-order valence-corrected chi connectivity index (χ3v) is 6.96. The molecule has 3 amide bonds. The molecule has 1 aliphatic carbocycles. The van der Waals surface area contributed by atoms with E-state index in [1.807, 2.05) is 0 Å². The number of hydrogen-bond donors (Lipinski definition) is 4. The van der Waals surface area contributed by atoms with Crippen LogP contribution in [0, 0.1) is 11.7 Å². The molecule has 1 aromatic carbocycles. The summed E-state index contributed by atoms with van der Waals surface area (Å²) in [4.78, 5) is 54.4. The Morgan fingerprint density at radius 1 is 1.21 bits per heavy atom. The van der Waals surface area contributed by atoms with Crippen molar-refractivity contribution in [2.24, 2.45) is 5.92 Å². The summed E-state index contributed by atoms with van der Waals surface area (Å²) in [5.41, 5.74) is -1.51. The molecule has 3 aliphatic heterocycles. The van der Waals surface area contributed by atoms with Crippen LogP contribution in [0.2, 0.25) is 0 Å². The summed E-state index contributed by atoms with van der Waals surface area (Å²) in [5.74, 6) is -2.06. The minimum absolute atomic E-state index is 0.0456. The van der Waals surface area contributed by atoms with Gasteiger partial charge in [-0.1, -0.05) is 12.1 Å². The van der Waals surface area contributed by atoms with Gasteiger partial charge in [0.25, 0.3) is 11.5 Å². The monoisotopic (exact) mass is 469 g/mol. The number of aromatic nitrogens is 2. The van der Waals surface area contributed by atoms with Crippen molar-refractivity contribution in [3.05, 3.63) is 57.5 Å². The molecule has 4 heterocycles. The number of rotatable bonds is 5. The molecule has 0 radical (unpaired) electrons. The molecule has 4 N–H and O–H groups in total. The highest BCUT2D eigenvalue weighted by atomic mass is 19.1. The first-order valence-electron chi connectivity index (χ1n) is 11.2. The molecule has 11 heteroatoms. The Morgan fingerprint density at radius 2 is 1.88 bits per heavy atom. The van der Waals surface area contributed by atoms with E-state index < -0.39 is 40.3 Å². The molecule has 4 aliphatic rings. The van der Waals surface area contributed by atoms with E-state index in [2.05, 4.69) is 20.9 Å². The molecule has 0 spiro atoms. The molecule has 6 rings (SSSR count). The van der Waals surface area contributed by atoms with E-state index in [-0.39, 0.29) is 36.5 Å². The third kappa shape index (κ3) is 3.80. The van der Waals surface area contributed by atoms with E-state index in [1.54, 1.807) is 0 Å². The summed E-state index contributed by atoms with van der Waals surface area (Å²) in [6.07, 6.45) is 2.63. The van der Waals surface area contributed by atoms with Gasteiger partial charge in [0.1, 0.15) is 17.7 Å².